The number of aryl methyl sites for hydroxylation is 1. The van der Waals surface area contributed by atoms with Crippen LogP contribution in [-0.4, -0.2) is 42.3 Å². The number of piperidine rings is 1. The first-order valence-electron chi connectivity index (χ1n) is 9.88. The van der Waals surface area contributed by atoms with Gasteiger partial charge in [0.05, 0.1) is 11.3 Å². The number of fused-ring (bicyclic) bond motifs is 2. The third kappa shape index (κ3) is 2.93. The van der Waals surface area contributed by atoms with Gasteiger partial charge in [0, 0.05) is 31.7 Å². The van der Waals surface area contributed by atoms with Gasteiger partial charge in [0.25, 0.3) is 5.56 Å². The van der Waals surface area contributed by atoms with E-state index in [0.29, 0.717) is 34.7 Å². The molecule has 1 aromatic carbocycles. The third-order valence-corrected chi connectivity index (χ3v) is 6.54. The van der Waals surface area contributed by atoms with Gasteiger partial charge in [-0.05, 0) is 30.0 Å². The highest BCUT2D eigenvalue weighted by Gasteiger charge is 2.58. The van der Waals surface area contributed by atoms with Gasteiger partial charge in [-0.15, -0.1) is 0 Å². The van der Waals surface area contributed by atoms with Crippen LogP contribution < -0.4 is 10.5 Å². The molecule has 31 heavy (non-hydrogen) atoms. The molecule has 0 bridgehead atoms. The highest BCUT2D eigenvalue weighted by atomic mass is 35.5. The molecule has 11 heteroatoms. The molecule has 1 saturated carbocycles. The van der Waals surface area contributed by atoms with Crippen molar-refractivity contribution in [2.24, 2.45) is 18.9 Å². The molecule has 2 fully saturated rings. The highest BCUT2D eigenvalue weighted by molar-refractivity contribution is 6.31. The van der Waals surface area contributed by atoms with Gasteiger partial charge in [-0.3, -0.25) is 9.36 Å². The second-order valence-corrected chi connectivity index (χ2v) is 8.52. The maximum atomic E-state index is 13.4. The minimum Gasteiger partial charge on any atom is -0.371 e. The van der Waals surface area contributed by atoms with Crippen molar-refractivity contribution in [1.82, 2.24) is 29.2 Å². The van der Waals surface area contributed by atoms with E-state index in [0.717, 1.165) is 18.8 Å². The van der Waals surface area contributed by atoms with Crippen LogP contribution in [-0.2, 0) is 13.6 Å². The number of benzene rings is 1. The predicted molar refractivity (Wildman–Crippen MR) is 110 cm³/mol. The smallest absolute Gasteiger partial charge is 0.280 e. The van der Waals surface area contributed by atoms with Crippen molar-refractivity contribution in [3.63, 3.8) is 0 Å². The molecule has 0 unspecified atom stereocenters. The largest absolute Gasteiger partial charge is 0.371 e. The first kappa shape index (κ1) is 18.5. The zero-order valence-electron chi connectivity index (χ0n) is 16.4. The number of anilines is 1. The van der Waals surface area contributed by atoms with Gasteiger partial charge in [-0.1, -0.05) is 16.8 Å². The van der Waals surface area contributed by atoms with Gasteiger partial charge >= 0.3 is 0 Å². The number of halogens is 2. The quantitative estimate of drug-likeness (QED) is 0.479. The molecule has 1 saturated heterocycles. The number of imidazole rings is 1. The van der Waals surface area contributed by atoms with Crippen LogP contribution in [0, 0.1) is 17.7 Å². The zero-order valence-corrected chi connectivity index (χ0v) is 17.2. The number of hydrogen-bond acceptors (Lipinski definition) is 7. The van der Waals surface area contributed by atoms with Gasteiger partial charge in [0.1, 0.15) is 18.7 Å². The lowest BCUT2D eigenvalue weighted by molar-refractivity contribution is 0.363. The van der Waals surface area contributed by atoms with E-state index in [2.05, 4.69) is 25.0 Å². The van der Waals surface area contributed by atoms with E-state index < -0.39 is 5.82 Å². The summed E-state index contributed by atoms with van der Waals surface area (Å²) in [7, 11) is 1.75. The fourth-order valence-electron chi connectivity index (χ4n) is 4.60. The molecule has 158 valence electrons. The van der Waals surface area contributed by atoms with Crippen molar-refractivity contribution in [3.05, 3.63) is 63.8 Å². The number of hydrogen-bond donors (Lipinski definition) is 0. The van der Waals surface area contributed by atoms with E-state index in [-0.39, 0.29) is 23.0 Å². The Kier molecular flexibility index (Phi) is 3.95. The van der Waals surface area contributed by atoms with Crippen LogP contribution in [0.25, 0.3) is 11.2 Å². The summed E-state index contributed by atoms with van der Waals surface area (Å²) in [5.41, 5.74) is 1.55. The molecule has 1 aliphatic carbocycles. The molecule has 2 aliphatic rings. The van der Waals surface area contributed by atoms with Gasteiger partial charge in [0.15, 0.2) is 17.0 Å². The van der Waals surface area contributed by atoms with Crippen LogP contribution in [0.2, 0.25) is 5.02 Å². The van der Waals surface area contributed by atoms with E-state index in [4.69, 9.17) is 16.1 Å². The van der Waals surface area contributed by atoms with E-state index >= 15 is 0 Å². The second-order valence-electron chi connectivity index (χ2n) is 8.11. The Morgan fingerprint density at radius 1 is 1.23 bits per heavy atom. The minimum atomic E-state index is -0.413. The molecule has 0 amide bonds. The lowest BCUT2D eigenvalue weighted by atomic mass is 10.2. The van der Waals surface area contributed by atoms with Crippen molar-refractivity contribution in [1.29, 1.82) is 0 Å². The van der Waals surface area contributed by atoms with E-state index in [1.54, 1.807) is 30.1 Å². The van der Waals surface area contributed by atoms with Gasteiger partial charge < -0.3 is 14.0 Å². The van der Waals surface area contributed by atoms with Crippen molar-refractivity contribution in [2.75, 3.05) is 18.0 Å². The molecule has 0 radical (unpaired) electrons. The first-order chi connectivity index (χ1) is 15.0. The Hall–Kier alpha value is -3.27. The predicted octanol–water partition coefficient (Wildman–Crippen LogP) is 2.20. The van der Waals surface area contributed by atoms with Crippen LogP contribution in [0.1, 0.15) is 17.6 Å². The lowest BCUT2D eigenvalue weighted by Crippen LogP contribution is -2.24. The van der Waals surface area contributed by atoms with Gasteiger partial charge in [-0.25, -0.2) is 14.4 Å². The summed E-state index contributed by atoms with van der Waals surface area (Å²) in [4.78, 5) is 27.7. The summed E-state index contributed by atoms with van der Waals surface area (Å²) in [6.07, 6.45) is 3.00. The average Bonchev–Trinajstić information content (AvgIpc) is 3.18. The maximum absolute atomic E-state index is 13.4. The molecule has 1 aliphatic heterocycles. The molecule has 0 spiro atoms. The Morgan fingerprint density at radius 2 is 2.00 bits per heavy atom. The van der Waals surface area contributed by atoms with E-state index in [1.807, 2.05) is 0 Å². The summed E-state index contributed by atoms with van der Waals surface area (Å²) in [6.45, 7) is 1.83. The molecule has 9 nitrogen and oxygen atoms in total. The molecule has 3 aromatic heterocycles. The summed E-state index contributed by atoms with van der Waals surface area (Å²) < 4.78 is 21.9. The zero-order chi connectivity index (χ0) is 21.3. The molecular formula is C20H17ClFN7O2. The van der Waals surface area contributed by atoms with E-state index in [1.165, 1.54) is 17.0 Å². The Morgan fingerprint density at radius 3 is 2.77 bits per heavy atom. The average molecular weight is 442 g/mol. The maximum Gasteiger partial charge on any atom is 0.280 e. The number of aromatic nitrogens is 6. The fraction of sp³-hybridized carbons (Fsp3) is 0.350. The summed E-state index contributed by atoms with van der Waals surface area (Å²) in [5.74, 6) is 1.70. The molecule has 4 aromatic rings. The Balaban J connectivity index is 1.16. The molecule has 0 N–H and O–H groups in total. The normalized spacial score (nSPS) is 22.3. The van der Waals surface area contributed by atoms with Crippen LogP contribution in [0.5, 0.6) is 0 Å². The van der Waals surface area contributed by atoms with Crippen LogP contribution >= 0.6 is 11.6 Å². The lowest BCUT2D eigenvalue weighted by Gasteiger charge is -2.21. The van der Waals surface area contributed by atoms with Crippen LogP contribution in [0.4, 0.5) is 10.1 Å². The minimum absolute atomic E-state index is 0.131. The summed E-state index contributed by atoms with van der Waals surface area (Å²) in [5, 5.41) is 4.28. The topological polar surface area (TPSA) is 94.9 Å². The molecule has 3 atom stereocenters. The van der Waals surface area contributed by atoms with E-state index in [9.17, 15) is 9.18 Å². The van der Waals surface area contributed by atoms with Crippen molar-refractivity contribution >= 4 is 28.5 Å². The molecular weight excluding hydrogens is 425 g/mol. The van der Waals surface area contributed by atoms with Crippen molar-refractivity contribution in [3.8, 4) is 0 Å². The number of nitrogens with zero attached hydrogens (tertiary/aromatic N) is 7. The highest BCUT2D eigenvalue weighted by Crippen LogP contribution is 2.58. The molecule has 4 heterocycles. The van der Waals surface area contributed by atoms with Gasteiger partial charge in [-0.2, -0.15) is 4.98 Å². The monoisotopic (exact) mass is 441 g/mol. The second kappa shape index (κ2) is 6.61. The van der Waals surface area contributed by atoms with Crippen LogP contribution in [0.3, 0.4) is 0 Å². The standard InChI is InChI=1S/C20H17ClFN7O2/c1-27-8-23-19-17(27)20(30)29(9-24-19)7-15-25-18(26-31-15)16-11-5-28(6-12(11)16)10-2-3-14(22)13(21)4-10/h2-4,8-9,11-12,16H,5-7H2,1H3/t11-,12+,16+. The third-order valence-electron chi connectivity index (χ3n) is 6.25. The first-order valence-corrected chi connectivity index (χ1v) is 10.3. The SMILES string of the molecule is Cn1cnc2ncn(Cc3nc([C@H]4[C@@H]5CN(c6ccc(F)c(Cl)c6)C[C@@H]54)no3)c(=O)c21. The fourth-order valence-corrected chi connectivity index (χ4v) is 4.77. The molecule has 6 rings (SSSR count). The van der Waals surface area contributed by atoms with Crippen molar-refractivity contribution in [2.45, 2.75) is 12.5 Å². The summed E-state index contributed by atoms with van der Waals surface area (Å²) >= 11 is 5.91. The van der Waals surface area contributed by atoms with Crippen LogP contribution in [0.15, 0.2) is 40.2 Å². The van der Waals surface area contributed by atoms with Crippen molar-refractivity contribution < 1.29 is 8.91 Å². The Labute approximate surface area is 180 Å². The van der Waals surface area contributed by atoms with Gasteiger partial charge in [0.2, 0.25) is 5.89 Å². The summed E-state index contributed by atoms with van der Waals surface area (Å²) in [6, 6.07) is 4.80. The Bertz CT molecular complexity index is 1370. The number of rotatable bonds is 4.